The van der Waals surface area contributed by atoms with Crippen LogP contribution in [-0.2, 0) is 13.1 Å². The van der Waals surface area contributed by atoms with Crippen LogP contribution in [0.4, 0.5) is 0 Å². The summed E-state index contributed by atoms with van der Waals surface area (Å²) in [6, 6.07) is 0. The summed E-state index contributed by atoms with van der Waals surface area (Å²) in [6.07, 6.45) is 3.70. The second-order valence-electron chi connectivity index (χ2n) is 4.16. The van der Waals surface area contributed by atoms with E-state index in [9.17, 15) is 0 Å². The van der Waals surface area contributed by atoms with Crippen LogP contribution in [-0.4, -0.2) is 46.6 Å². The average molecular weight is 252 g/mol. The number of nitrogens with zero attached hydrogens (tertiary/aromatic N) is 7. The summed E-state index contributed by atoms with van der Waals surface area (Å²) >= 11 is 0. The van der Waals surface area contributed by atoms with Crippen LogP contribution in [0.15, 0.2) is 11.3 Å². The molecule has 8 nitrogen and oxygen atoms in total. The molecule has 18 heavy (non-hydrogen) atoms. The smallest absolute Gasteiger partial charge is 0.0967 e. The first kappa shape index (κ1) is 14.4. The molecule has 0 aliphatic heterocycles. The average Bonchev–Trinajstić information content (AvgIpc) is 2.80. The molecule has 1 aromatic heterocycles. The molecule has 1 rings (SSSR count). The normalized spacial score (nSPS) is 10.6. The van der Waals surface area contributed by atoms with Gasteiger partial charge in [0, 0.05) is 30.7 Å². The maximum Gasteiger partial charge on any atom is 0.0967 e. The van der Waals surface area contributed by atoms with Gasteiger partial charge >= 0.3 is 0 Å². The van der Waals surface area contributed by atoms with E-state index in [4.69, 9.17) is 11.3 Å². The fourth-order valence-corrected chi connectivity index (χ4v) is 1.59. The summed E-state index contributed by atoms with van der Waals surface area (Å²) < 4.78 is 1.82. The number of aryl methyl sites for hydroxylation is 1. The van der Waals surface area contributed by atoms with Crippen LogP contribution in [0.3, 0.4) is 0 Å². The van der Waals surface area contributed by atoms with Crippen LogP contribution in [0, 0.1) is 0 Å². The van der Waals surface area contributed by atoms with E-state index in [1.807, 2.05) is 17.9 Å². The number of aromatic nitrogens is 3. The van der Waals surface area contributed by atoms with Gasteiger partial charge < -0.3 is 10.6 Å². The number of nitrogens with two attached hydrogens (primary N) is 1. The Morgan fingerprint density at radius 3 is 3.11 bits per heavy atom. The third-order valence-electron chi connectivity index (χ3n) is 2.47. The van der Waals surface area contributed by atoms with E-state index in [0.717, 1.165) is 38.2 Å². The van der Waals surface area contributed by atoms with Crippen molar-refractivity contribution in [2.75, 3.05) is 26.7 Å². The molecule has 8 heteroatoms. The van der Waals surface area contributed by atoms with E-state index in [-0.39, 0.29) is 0 Å². The molecule has 0 spiro atoms. The Balaban J connectivity index is 2.28. The van der Waals surface area contributed by atoms with Crippen molar-refractivity contribution >= 4 is 0 Å². The van der Waals surface area contributed by atoms with Crippen LogP contribution < -0.4 is 5.73 Å². The maximum atomic E-state index is 8.16. The number of azide groups is 1. The van der Waals surface area contributed by atoms with E-state index in [2.05, 4.69) is 25.2 Å². The summed E-state index contributed by atoms with van der Waals surface area (Å²) in [7, 11) is 2.01. The van der Waals surface area contributed by atoms with Crippen molar-refractivity contribution in [1.82, 2.24) is 19.9 Å². The molecule has 0 amide bonds. The highest BCUT2D eigenvalue weighted by atomic mass is 15.4. The first-order valence-corrected chi connectivity index (χ1v) is 6.04. The Hall–Kier alpha value is -1.63. The molecule has 0 atom stereocenters. The summed E-state index contributed by atoms with van der Waals surface area (Å²) in [5, 5.41) is 11.6. The largest absolute Gasteiger partial charge is 0.330 e. The number of rotatable bonds is 9. The van der Waals surface area contributed by atoms with Gasteiger partial charge in [-0.1, -0.05) is 10.3 Å². The zero-order valence-electron chi connectivity index (χ0n) is 10.7. The summed E-state index contributed by atoms with van der Waals surface area (Å²) in [6.45, 7) is 3.62. The van der Waals surface area contributed by atoms with Crippen LogP contribution in [0.5, 0.6) is 0 Å². The van der Waals surface area contributed by atoms with Gasteiger partial charge in [-0.3, -0.25) is 4.68 Å². The molecule has 0 saturated carbocycles. The zero-order chi connectivity index (χ0) is 13.2. The third kappa shape index (κ3) is 5.62. The van der Waals surface area contributed by atoms with E-state index in [1.54, 1.807) is 0 Å². The first-order chi connectivity index (χ1) is 8.76. The molecule has 0 aliphatic carbocycles. The maximum absolute atomic E-state index is 8.16. The first-order valence-electron chi connectivity index (χ1n) is 6.04. The molecule has 0 unspecified atom stereocenters. The fourth-order valence-electron chi connectivity index (χ4n) is 1.59. The standard InChI is InChI=1S/C10H20N8/c1-17(6-3-5-13-15-12)8-10-9-18(16-14-10)7-2-4-11/h9H,2-8,11H2,1H3. The van der Waals surface area contributed by atoms with Gasteiger partial charge in [-0.15, -0.1) is 5.10 Å². The van der Waals surface area contributed by atoms with Crippen LogP contribution >= 0.6 is 0 Å². The van der Waals surface area contributed by atoms with Gasteiger partial charge in [0.25, 0.3) is 0 Å². The molecule has 2 N–H and O–H groups in total. The lowest BCUT2D eigenvalue weighted by atomic mass is 10.3. The molecule has 1 aromatic rings. The predicted octanol–water partition coefficient (Wildman–Crippen LogP) is 0.759. The van der Waals surface area contributed by atoms with Gasteiger partial charge in [0.15, 0.2) is 0 Å². The van der Waals surface area contributed by atoms with Gasteiger partial charge in [0.1, 0.15) is 0 Å². The minimum atomic E-state index is 0.532. The molecule has 1 heterocycles. The molecule has 0 aliphatic rings. The summed E-state index contributed by atoms with van der Waals surface area (Å²) in [5.41, 5.74) is 14.5. The Bertz CT molecular complexity index is 381. The topological polar surface area (TPSA) is 109 Å². The van der Waals surface area contributed by atoms with Crippen LogP contribution in [0.2, 0.25) is 0 Å². The molecule has 0 fully saturated rings. The van der Waals surface area contributed by atoms with Crippen molar-refractivity contribution in [1.29, 1.82) is 0 Å². The van der Waals surface area contributed by atoms with E-state index < -0.39 is 0 Å². The van der Waals surface area contributed by atoms with Crippen LogP contribution in [0.1, 0.15) is 18.5 Å². The predicted molar refractivity (Wildman–Crippen MR) is 68.7 cm³/mol. The molecule has 100 valence electrons. The van der Waals surface area contributed by atoms with Crippen molar-refractivity contribution in [3.8, 4) is 0 Å². The molecular formula is C10H20N8. The number of hydrogen-bond donors (Lipinski definition) is 1. The Morgan fingerprint density at radius 2 is 2.39 bits per heavy atom. The van der Waals surface area contributed by atoms with Gasteiger partial charge in [-0.05, 0) is 38.5 Å². The number of hydrogen-bond acceptors (Lipinski definition) is 5. The van der Waals surface area contributed by atoms with Crippen molar-refractivity contribution in [2.24, 2.45) is 10.8 Å². The van der Waals surface area contributed by atoms with Gasteiger partial charge in [0.2, 0.25) is 0 Å². The quantitative estimate of drug-likeness (QED) is 0.303. The highest BCUT2D eigenvalue weighted by molar-refractivity contribution is 4.91. The Labute approximate surface area is 106 Å². The van der Waals surface area contributed by atoms with E-state index in [0.29, 0.717) is 13.1 Å². The minimum absolute atomic E-state index is 0.532. The summed E-state index contributed by atoms with van der Waals surface area (Å²) in [5.74, 6) is 0. The third-order valence-corrected chi connectivity index (χ3v) is 2.47. The van der Waals surface area contributed by atoms with Crippen LogP contribution in [0.25, 0.3) is 10.4 Å². The van der Waals surface area contributed by atoms with Crippen molar-refractivity contribution in [3.63, 3.8) is 0 Å². The molecule has 0 aromatic carbocycles. The SMILES string of the molecule is CN(CCCN=[N+]=[N-])Cc1cn(CCCN)nn1. The fraction of sp³-hybridized carbons (Fsp3) is 0.800. The van der Waals surface area contributed by atoms with Gasteiger partial charge in [0.05, 0.1) is 5.69 Å². The second kappa shape index (κ2) is 8.46. The Morgan fingerprint density at radius 1 is 1.56 bits per heavy atom. The minimum Gasteiger partial charge on any atom is -0.330 e. The lowest BCUT2D eigenvalue weighted by molar-refractivity contribution is 0.320. The van der Waals surface area contributed by atoms with Crippen molar-refractivity contribution in [3.05, 3.63) is 22.3 Å². The molecule has 0 bridgehead atoms. The van der Waals surface area contributed by atoms with Crippen molar-refractivity contribution < 1.29 is 0 Å². The van der Waals surface area contributed by atoms with Gasteiger partial charge in [-0.2, -0.15) is 0 Å². The highest BCUT2D eigenvalue weighted by Gasteiger charge is 2.04. The lowest BCUT2D eigenvalue weighted by Crippen LogP contribution is -2.19. The molecular weight excluding hydrogens is 232 g/mol. The summed E-state index contributed by atoms with van der Waals surface area (Å²) in [4.78, 5) is 4.85. The monoisotopic (exact) mass is 252 g/mol. The zero-order valence-corrected chi connectivity index (χ0v) is 10.7. The van der Waals surface area contributed by atoms with Gasteiger partial charge in [-0.25, -0.2) is 0 Å². The molecule has 0 radical (unpaired) electrons. The molecule has 0 saturated heterocycles. The second-order valence-corrected chi connectivity index (χ2v) is 4.16. The lowest BCUT2D eigenvalue weighted by Gasteiger charge is -2.13. The Kier molecular flexibility index (Phi) is 6.78. The van der Waals surface area contributed by atoms with Crippen molar-refractivity contribution in [2.45, 2.75) is 25.9 Å². The van der Waals surface area contributed by atoms with E-state index >= 15 is 0 Å². The highest BCUT2D eigenvalue weighted by Crippen LogP contribution is 2.00. The van der Waals surface area contributed by atoms with E-state index in [1.165, 1.54) is 0 Å².